The summed E-state index contributed by atoms with van der Waals surface area (Å²) >= 11 is 7.37. The fourth-order valence-electron chi connectivity index (χ4n) is 2.61. The Balaban J connectivity index is 1.62. The molecule has 2 heterocycles. The van der Waals surface area contributed by atoms with Crippen molar-refractivity contribution < 1.29 is 13.2 Å². The van der Waals surface area contributed by atoms with Crippen LogP contribution in [0.5, 0.6) is 0 Å². The molecule has 0 spiro atoms. The maximum absolute atomic E-state index is 12.6. The lowest BCUT2D eigenvalue weighted by Crippen LogP contribution is -2.50. The van der Waals surface area contributed by atoms with Gasteiger partial charge in [0, 0.05) is 31.2 Å². The average molecular weight is 385 g/mol. The number of carbonyl (C=O) groups excluding carboxylic acids is 1. The number of rotatable bonds is 4. The largest absolute Gasteiger partial charge is 0.340 e. The molecule has 1 aromatic heterocycles. The van der Waals surface area contributed by atoms with Crippen LogP contribution in [0, 0.1) is 0 Å². The Labute approximate surface area is 150 Å². The molecule has 24 heavy (non-hydrogen) atoms. The molecule has 2 aromatic rings. The van der Waals surface area contributed by atoms with E-state index < -0.39 is 10.0 Å². The zero-order valence-corrected chi connectivity index (χ0v) is 15.3. The summed E-state index contributed by atoms with van der Waals surface area (Å²) in [7, 11) is -3.54. The third kappa shape index (κ3) is 3.80. The van der Waals surface area contributed by atoms with E-state index in [9.17, 15) is 13.2 Å². The standard InChI is InChI=1S/C16H17ClN2O3S2/c17-14-1-3-15(4-2-14)24(21,22)19-8-6-18(7-9-19)16(20)11-13-5-10-23-12-13/h1-5,10,12H,6-9,11H2. The van der Waals surface area contributed by atoms with E-state index >= 15 is 0 Å². The van der Waals surface area contributed by atoms with Crippen molar-refractivity contribution in [2.45, 2.75) is 11.3 Å². The predicted octanol–water partition coefficient (Wildman–Crippen LogP) is 2.48. The van der Waals surface area contributed by atoms with Crippen molar-refractivity contribution in [1.82, 2.24) is 9.21 Å². The Bertz CT molecular complexity index is 796. The molecule has 0 N–H and O–H groups in total. The van der Waals surface area contributed by atoms with E-state index in [0.717, 1.165) is 5.56 Å². The van der Waals surface area contributed by atoms with Gasteiger partial charge in [0.1, 0.15) is 0 Å². The maximum Gasteiger partial charge on any atom is 0.243 e. The number of halogens is 1. The number of hydrogen-bond donors (Lipinski definition) is 0. The fraction of sp³-hybridized carbons (Fsp3) is 0.312. The van der Waals surface area contributed by atoms with Crippen LogP contribution in [-0.4, -0.2) is 49.7 Å². The Morgan fingerprint density at radius 1 is 1.08 bits per heavy atom. The van der Waals surface area contributed by atoms with Gasteiger partial charge in [-0.1, -0.05) is 11.6 Å². The van der Waals surface area contributed by atoms with Gasteiger partial charge in [-0.25, -0.2) is 8.42 Å². The molecule has 3 rings (SSSR count). The van der Waals surface area contributed by atoms with Crippen molar-refractivity contribution in [2.24, 2.45) is 0 Å². The van der Waals surface area contributed by atoms with E-state index in [1.807, 2.05) is 16.8 Å². The van der Waals surface area contributed by atoms with Gasteiger partial charge >= 0.3 is 0 Å². The van der Waals surface area contributed by atoms with Crippen molar-refractivity contribution in [1.29, 1.82) is 0 Å². The fourth-order valence-corrected chi connectivity index (χ4v) is 4.83. The van der Waals surface area contributed by atoms with Gasteiger partial charge in [0.05, 0.1) is 11.3 Å². The quantitative estimate of drug-likeness (QED) is 0.813. The van der Waals surface area contributed by atoms with Gasteiger partial charge < -0.3 is 4.90 Å². The molecule has 128 valence electrons. The topological polar surface area (TPSA) is 57.7 Å². The van der Waals surface area contributed by atoms with Crippen LogP contribution in [0.15, 0.2) is 46.0 Å². The number of piperazine rings is 1. The van der Waals surface area contributed by atoms with E-state index in [-0.39, 0.29) is 10.8 Å². The van der Waals surface area contributed by atoms with Gasteiger partial charge in [-0.3, -0.25) is 4.79 Å². The molecule has 1 aliphatic heterocycles. The number of carbonyl (C=O) groups is 1. The minimum Gasteiger partial charge on any atom is -0.340 e. The molecule has 0 atom stereocenters. The molecule has 0 aliphatic carbocycles. The van der Waals surface area contributed by atoms with Gasteiger partial charge in [0.25, 0.3) is 0 Å². The molecule has 8 heteroatoms. The monoisotopic (exact) mass is 384 g/mol. The minimum atomic E-state index is -3.54. The molecule has 1 saturated heterocycles. The number of thiophene rings is 1. The van der Waals surface area contributed by atoms with Crippen LogP contribution >= 0.6 is 22.9 Å². The predicted molar refractivity (Wildman–Crippen MR) is 94.8 cm³/mol. The lowest BCUT2D eigenvalue weighted by molar-refractivity contribution is -0.131. The van der Waals surface area contributed by atoms with Crippen molar-refractivity contribution in [3.63, 3.8) is 0 Å². The minimum absolute atomic E-state index is 0.0388. The van der Waals surface area contributed by atoms with Crippen molar-refractivity contribution in [3.05, 3.63) is 51.7 Å². The molecule has 0 bridgehead atoms. The van der Waals surface area contributed by atoms with Crippen molar-refractivity contribution in [3.8, 4) is 0 Å². The number of nitrogens with zero attached hydrogens (tertiary/aromatic N) is 2. The summed E-state index contributed by atoms with van der Waals surface area (Å²) in [5.41, 5.74) is 1.00. The van der Waals surface area contributed by atoms with Gasteiger partial charge in [0.15, 0.2) is 0 Å². The smallest absolute Gasteiger partial charge is 0.243 e. The van der Waals surface area contributed by atoms with E-state index in [2.05, 4.69) is 0 Å². The van der Waals surface area contributed by atoms with E-state index in [0.29, 0.717) is 37.6 Å². The normalized spacial score (nSPS) is 16.3. The van der Waals surface area contributed by atoms with E-state index in [1.54, 1.807) is 28.4 Å². The summed E-state index contributed by atoms with van der Waals surface area (Å²) in [6.45, 7) is 1.44. The number of amides is 1. The SMILES string of the molecule is O=C(Cc1ccsc1)N1CCN(S(=O)(=O)c2ccc(Cl)cc2)CC1. The second-order valence-corrected chi connectivity index (χ2v) is 8.70. The first-order chi connectivity index (χ1) is 11.5. The Kier molecular flexibility index (Phi) is 5.24. The molecule has 1 aliphatic rings. The zero-order valence-electron chi connectivity index (χ0n) is 12.9. The molecule has 1 amide bonds. The van der Waals surface area contributed by atoms with Crippen LogP contribution in [0.4, 0.5) is 0 Å². The molecule has 0 radical (unpaired) electrons. The van der Waals surface area contributed by atoms with Gasteiger partial charge in [-0.15, -0.1) is 0 Å². The Hall–Kier alpha value is -1.41. The third-order valence-corrected chi connectivity index (χ3v) is 6.88. The average Bonchev–Trinajstić information content (AvgIpc) is 3.08. The summed E-state index contributed by atoms with van der Waals surface area (Å²) in [5, 5.41) is 4.40. The molecule has 5 nitrogen and oxygen atoms in total. The Morgan fingerprint density at radius 2 is 1.75 bits per heavy atom. The van der Waals surface area contributed by atoms with Crippen LogP contribution in [0.25, 0.3) is 0 Å². The molecule has 1 fully saturated rings. The summed E-state index contributed by atoms with van der Waals surface area (Å²) in [6, 6.07) is 8.07. The summed E-state index contributed by atoms with van der Waals surface area (Å²) < 4.78 is 26.6. The number of benzene rings is 1. The number of hydrogen-bond acceptors (Lipinski definition) is 4. The van der Waals surface area contributed by atoms with Gasteiger partial charge in [0.2, 0.25) is 15.9 Å². The first-order valence-electron chi connectivity index (χ1n) is 7.51. The molecular weight excluding hydrogens is 368 g/mol. The van der Waals surface area contributed by atoms with Crippen LogP contribution < -0.4 is 0 Å². The lowest BCUT2D eigenvalue weighted by Gasteiger charge is -2.34. The second-order valence-electron chi connectivity index (χ2n) is 5.55. The summed E-state index contributed by atoms with van der Waals surface area (Å²) in [4.78, 5) is 14.2. The zero-order chi connectivity index (χ0) is 17.2. The molecule has 0 unspecified atom stereocenters. The first kappa shape index (κ1) is 17.4. The first-order valence-corrected chi connectivity index (χ1v) is 10.3. The molecular formula is C16H17ClN2O3S2. The lowest BCUT2D eigenvalue weighted by atomic mass is 10.2. The third-order valence-electron chi connectivity index (χ3n) is 3.98. The summed E-state index contributed by atoms with van der Waals surface area (Å²) in [5.74, 6) is 0.0388. The van der Waals surface area contributed by atoms with Crippen LogP contribution in [-0.2, 0) is 21.2 Å². The highest BCUT2D eigenvalue weighted by Crippen LogP contribution is 2.20. The number of sulfonamides is 1. The van der Waals surface area contributed by atoms with E-state index in [4.69, 9.17) is 11.6 Å². The van der Waals surface area contributed by atoms with Crippen LogP contribution in [0.3, 0.4) is 0 Å². The van der Waals surface area contributed by atoms with Crippen LogP contribution in [0.1, 0.15) is 5.56 Å². The molecule has 1 aromatic carbocycles. The van der Waals surface area contributed by atoms with Crippen molar-refractivity contribution >= 4 is 38.9 Å². The van der Waals surface area contributed by atoms with Gasteiger partial charge in [-0.05, 0) is 46.7 Å². The molecule has 0 saturated carbocycles. The van der Waals surface area contributed by atoms with Gasteiger partial charge in [-0.2, -0.15) is 15.6 Å². The summed E-state index contributed by atoms with van der Waals surface area (Å²) in [6.07, 6.45) is 0.368. The highest BCUT2D eigenvalue weighted by atomic mass is 35.5. The highest BCUT2D eigenvalue weighted by molar-refractivity contribution is 7.89. The van der Waals surface area contributed by atoms with Crippen LogP contribution in [0.2, 0.25) is 5.02 Å². The highest BCUT2D eigenvalue weighted by Gasteiger charge is 2.30. The second kappa shape index (κ2) is 7.23. The van der Waals surface area contributed by atoms with E-state index in [1.165, 1.54) is 16.4 Å². The Morgan fingerprint density at radius 3 is 2.33 bits per heavy atom. The van der Waals surface area contributed by atoms with Crippen molar-refractivity contribution in [2.75, 3.05) is 26.2 Å². The maximum atomic E-state index is 12.6.